The summed E-state index contributed by atoms with van der Waals surface area (Å²) in [4.78, 5) is 25.7. The molecule has 1 fully saturated rings. The first-order chi connectivity index (χ1) is 9.58. The Hall–Kier alpha value is -1.10. The highest BCUT2D eigenvalue weighted by Gasteiger charge is 2.20. The minimum Gasteiger partial charge on any atom is -0.352 e. The molecule has 20 heavy (non-hydrogen) atoms. The quantitative estimate of drug-likeness (QED) is 0.740. The van der Waals surface area contributed by atoms with Crippen LogP contribution in [-0.4, -0.2) is 48.4 Å². The van der Waals surface area contributed by atoms with Crippen LogP contribution in [0.1, 0.15) is 52.9 Å². The molecule has 0 saturated heterocycles. The Bertz CT molecular complexity index is 310. The molecule has 1 rings (SSSR count). The average molecular weight is 283 g/mol. The summed E-state index contributed by atoms with van der Waals surface area (Å²) in [5.41, 5.74) is 0. The summed E-state index contributed by atoms with van der Waals surface area (Å²) in [6.45, 7) is 7.36. The highest BCUT2D eigenvalue weighted by Crippen LogP contribution is 2.17. The lowest BCUT2D eigenvalue weighted by molar-refractivity contribution is -0.132. The fourth-order valence-corrected chi connectivity index (χ4v) is 2.67. The van der Waals surface area contributed by atoms with Gasteiger partial charge in [0.15, 0.2) is 0 Å². The summed E-state index contributed by atoms with van der Waals surface area (Å²) in [6.07, 6.45) is 5.85. The van der Waals surface area contributed by atoms with Crippen LogP contribution in [0.2, 0.25) is 0 Å². The van der Waals surface area contributed by atoms with Crippen LogP contribution >= 0.6 is 0 Å². The predicted octanol–water partition coefficient (Wildman–Crippen LogP) is 1.28. The number of rotatable bonds is 7. The topological polar surface area (TPSA) is 61.4 Å². The molecular weight excluding hydrogens is 254 g/mol. The lowest BCUT2D eigenvalue weighted by Gasteiger charge is -2.25. The molecule has 116 valence electrons. The van der Waals surface area contributed by atoms with Gasteiger partial charge >= 0.3 is 0 Å². The number of carbonyl (C=O) groups is 2. The van der Waals surface area contributed by atoms with E-state index in [1.807, 2.05) is 20.8 Å². The summed E-state index contributed by atoms with van der Waals surface area (Å²) in [5, 5.41) is 6.06. The van der Waals surface area contributed by atoms with Crippen molar-refractivity contribution in [1.82, 2.24) is 15.5 Å². The molecule has 1 unspecified atom stereocenters. The number of likely N-dealkylation sites (N-methyl/N-ethyl adjacent to an activating group) is 1. The summed E-state index contributed by atoms with van der Waals surface area (Å²) in [6, 6.07) is 0.0128. The van der Waals surface area contributed by atoms with E-state index in [4.69, 9.17) is 0 Å². The molecule has 0 aromatic heterocycles. The van der Waals surface area contributed by atoms with E-state index in [1.54, 1.807) is 4.90 Å². The van der Waals surface area contributed by atoms with Gasteiger partial charge < -0.3 is 10.2 Å². The van der Waals surface area contributed by atoms with Crippen molar-refractivity contribution < 1.29 is 9.59 Å². The Kier molecular flexibility index (Phi) is 7.59. The molecular formula is C15H29N3O2. The summed E-state index contributed by atoms with van der Waals surface area (Å²) in [5.74, 6) is 0.0524. The van der Waals surface area contributed by atoms with Gasteiger partial charge in [0.05, 0.1) is 12.6 Å². The van der Waals surface area contributed by atoms with Crippen LogP contribution in [-0.2, 0) is 9.59 Å². The summed E-state index contributed by atoms with van der Waals surface area (Å²) >= 11 is 0. The van der Waals surface area contributed by atoms with E-state index in [-0.39, 0.29) is 24.4 Å². The largest absolute Gasteiger partial charge is 0.352 e. The van der Waals surface area contributed by atoms with Crippen LogP contribution in [0.15, 0.2) is 0 Å². The standard InChI is InChI=1S/C15H29N3O2/c1-4-18(5-2)15(20)12(3)16-11-14(19)17-13-9-7-6-8-10-13/h12-13,16H,4-11H2,1-3H3,(H,17,19). The van der Waals surface area contributed by atoms with Gasteiger partial charge in [-0.1, -0.05) is 19.3 Å². The van der Waals surface area contributed by atoms with Crippen LogP contribution in [0, 0.1) is 0 Å². The number of amides is 2. The van der Waals surface area contributed by atoms with E-state index in [0.717, 1.165) is 12.8 Å². The first kappa shape index (κ1) is 17.0. The maximum Gasteiger partial charge on any atom is 0.239 e. The molecule has 0 spiro atoms. The molecule has 5 nitrogen and oxygen atoms in total. The fraction of sp³-hybridized carbons (Fsp3) is 0.867. The van der Waals surface area contributed by atoms with Crippen molar-refractivity contribution >= 4 is 11.8 Å². The zero-order valence-corrected chi connectivity index (χ0v) is 13.1. The van der Waals surface area contributed by atoms with Crippen molar-refractivity contribution in [2.45, 2.75) is 65.0 Å². The van der Waals surface area contributed by atoms with Crippen molar-refractivity contribution in [2.24, 2.45) is 0 Å². The van der Waals surface area contributed by atoms with Gasteiger partial charge in [-0.2, -0.15) is 0 Å². The molecule has 1 saturated carbocycles. The van der Waals surface area contributed by atoms with Gasteiger partial charge in [-0.05, 0) is 33.6 Å². The fourth-order valence-electron chi connectivity index (χ4n) is 2.67. The van der Waals surface area contributed by atoms with Crippen LogP contribution in [0.3, 0.4) is 0 Å². The van der Waals surface area contributed by atoms with Gasteiger partial charge in [0.2, 0.25) is 11.8 Å². The first-order valence-corrected chi connectivity index (χ1v) is 7.90. The number of nitrogens with zero attached hydrogens (tertiary/aromatic N) is 1. The van der Waals surface area contributed by atoms with Crippen LogP contribution in [0.5, 0.6) is 0 Å². The third-order valence-electron chi connectivity index (χ3n) is 3.98. The van der Waals surface area contributed by atoms with Crippen LogP contribution in [0.25, 0.3) is 0 Å². The van der Waals surface area contributed by atoms with Gasteiger partial charge in [-0.3, -0.25) is 14.9 Å². The monoisotopic (exact) mass is 283 g/mol. The number of nitrogens with one attached hydrogen (secondary N) is 2. The van der Waals surface area contributed by atoms with Gasteiger partial charge in [0.1, 0.15) is 0 Å². The van der Waals surface area contributed by atoms with Crippen LogP contribution in [0.4, 0.5) is 0 Å². The highest BCUT2D eigenvalue weighted by atomic mass is 16.2. The second-order valence-electron chi connectivity index (χ2n) is 5.52. The Morgan fingerprint density at radius 3 is 2.30 bits per heavy atom. The van der Waals surface area contributed by atoms with Crippen molar-refractivity contribution in [3.63, 3.8) is 0 Å². The zero-order valence-electron chi connectivity index (χ0n) is 13.1. The van der Waals surface area contributed by atoms with Crippen molar-refractivity contribution in [3.05, 3.63) is 0 Å². The maximum absolute atomic E-state index is 12.0. The average Bonchev–Trinajstić information content (AvgIpc) is 2.47. The molecule has 0 aliphatic heterocycles. The highest BCUT2D eigenvalue weighted by molar-refractivity contribution is 5.83. The van der Waals surface area contributed by atoms with Gasteiger partial charge in [0.25, 0.3) is 0 Å². The molecule has 1 aliphatic rings. The lowest BCUT2D eigenvalue weighted by Crippen LogP contribution is -2.49. The van der Waals surface area contributed by atoms with Crippen molar-refractivity contribution in [3.8, 4) is 0 Å². The van der Waals surface area contributed by atoms with Gasteiger partial charge in [0, 0.05) is 19.1 Å². The van der Waals surface area contributed by atoms with E-state index < -0.39 is 0 Å². The number of hydrogen-bond acceptors (Lipinski definition) is 3. The first-order valence-electron chi connectivity index (χ1n) is 7.90. The third-order valence-corrected chi connectivity index (χ3v) is 3.98. The minimum absolute atomic E-state index is 0.00361. The van der Waals surface area contributed by atoms with E-state index in [2.05, 4.69) is 10.6 Å². The van der Waals surface area contributed by atoms with E-state index >= 15 is 0 Å². The molecule has 2 amide bonds. The number of hydrogen-bond donors (Lipinski definition) is 2. The molecule has 1 atom stereocenters. The molecule has 5 heteroatoms. The second kappa shape index (κ2) is 8.95. The van der Waals surface area contributed by atoms with E-state index in [1.165, 1.54) is 19.3 Å². The molecule has 0 radical (unpaired) electrons. The van der Waals surface area contributed by atoms with Crippen LogP contribution < -0.4 is 10.6 Å². The normalized spacial score (nSPS) is 17.6. The molecule has 2 N–H and O–H groups in total. The van der Waals surface area contributed by atoms with Crippen molar-refractivity contribution in [1.29, 1.82) is 0 Å². The Morgan fingerprint density at radius 2 is 1.75 bits per heavy atom. The SMILES string of the molecule is CCN(CC)C(=O)C(C)NCC(=O)NC1CCCCC1. The van der Waals surface area contributed by atoms with Crippen molar-refractivity contribution in [2.75, 3.05) is 19.6 Å². The Balaban J connectivity index is 2.27. The third kappa shape index (κ3) is 5.49. The van der Waals surface area contributed by atoms with E-state index in [9.17, 15) is 9.59 Å². The lowest BCUT2D eigenvalue weighted by atomic mass is 9.95. The molecule has 0 aromatic rings. The second-order valence-corrected chi connectivity index (χ2v) is 5.52. The molecule has 0 aromatic carbocycles. The Morgan fingerprint density at radius 1 is 1.15 bits per heavy atom. The van der Waals surface area contributed by atoms with E-state index in [0.29, 0.717) is 19.1 Å². The van der Waals surface area contributed by atoms with Gasteiger partial charge in [-0.15, -0.1) is 0 Å². The summed E-state index contributed by atoms with van der Waals surface area (Å²) in [7, 11) is 0. The molecule has 1 aliphatic carbocycles. The zero-order chi connectivity index (χ0) is 15.0. The number of carbonyl (C=O) groups excluding carboxylic acids is 2. The summed E-state index contributed by atoms with van der Waals surface area (Å²) < 4.78 is 0. The maximum atomic E-state index is 12.0. The molecule has 0 bridgehead atoms. The van der Waals surface area contributed by atoms with Gasteiger partial charge in [-0.25, -0.2) is 0 Å². The predicted molar refractivity (Wildman–Crippen MR) is 80.4 cm³/mol. The minimum atomic E-state index is -0.313. The Labute approximate surface area is 122 Å². The molecule has 0 heterocycles. The smallest absolute Gasteiger partial charge is 0.239 e.